The zero-order chi connectivity index (χ0) is 26.9. The van der Waals surface area contributed by atoms with Crippen molar-refractivity contribution in [2.75, 3.05) is 20.3 Å². The molecule has 37 heavy (non-hydrogen) atoms. The lowest BCUT2D eigenvalue weighted by Gasteiger charge is -2.33. The summed E-state index contributed by atoms with van der Waals surface area (Å²) in [4.78, 5) is 0. The van der Waals surface area contributed by atoms with Crippen LogP contribution in [0.3, 0.4) is 0 Å². The Kier molecular flexibility index (Phi) is 15.7. The molecule has 210 valence electrons. The number of allylic oxidation sites excluding steroid dienone is 3. The SMILES string of the molecule is CCCCCCCCCCCCCCCc1cccc(OCC)c1C1C(C)=C(C)NC(C)=C1CCOC. The van der Waals surface area contributed by atoms with E-state index in [4.69, 9.17) is 9.47 Å². The van der Waals surface area contributed by atoms with Gasteiger partial charge in [0.1, 0.15) is 5.75 Å². The van der Waals surface area contributed by atoms with Crippen molar-refractivity contribution in [1.29, 1.82) is 0 Å². The molecule has 1 aliphatic heterocycles. The molecule has 0 spiro atoms. The van der Waals surface area contributed by atoms with Crippen LogP contribution in [0.1, 0.15) is 142 Å². The monoisotopic (exact) mass is 511 g/mol. The van der Waals surface area contributed by atoms with Crippen LogP contribution in [0.2, 0.25) is 0 Å². The van der Waals surface area contributed by atoms with Crippen LogP contribution in [0.5, 0.6) is 5.75 Å². The second kappa shape index (κ2) is 18.5. The molecular weight excluding hydrogens is 454 g/mol. The molecule has 1 N–H and O–H groups in total. The van der Waals surface area contributed by atoms with Gasteiger partial charge in [-0.05, 0) is 69.7 Å². The minimum Gasteiger partial charge on any atom is -0.494 e. The first-order chi connectivity index (χ1) is 18.0. The van der Waals surface area contributed by atoms with Gasteiger partial charge in [-0.2, -0.15) is 0 Å². The van der Waals surface area contributed by atoms with Crippen LogP contribution >= 0.6 is 0 Å². The van der Waals surface area contributed by atoms with E-state index >= 15 is 0 Å². The number of ether oxygens (including phenoxy) is 2. The molecule has 0 saturated heterocycles. The van der Waals surface area contributed by atoms with Crippen molar-refractivity contribution in [2.45, 2.75) is 137 Å². The Labute approximate surface area is 229 Å². The van der Waals surface area contributed by atoms with E-state index < -0.39 is 0 Å². The highest BCUT2D eigenvalue weighted by Gasteiger charge is 2.30. The summed E-state index contributed by atoms with van der Waals surface area (Å²) in [6.07, 6.45) is 20.2. The molecule has 2 rings (SSSR count). The fourth-order valence-corrected chi connectivity index (χ4v) is 5.84. The number of dihydropyridines is 1. The molecule has 3 heteroatoms. The number of hydrogen-bond acceptors (Lipinski definition) is 3. The molecule has 0 saturated carbocycles. The molecule has 1 unspecified atom stereocenters. The quantitative estimate of drug-likeness (QED) is 0.177. The van der Waals surface area contributed by atoms with Crippen molar-refractivity contribution in [3.05, 3.63) is 51.9 Å². The first-order valence-electron chi connectivity index (χ1n) is 15.4. The van der Waals surface area contributed by atoms with Crippen LogP contribution in [0.4, 0.5) is 0 Å². The molecule has 0 fully saturated rings. The lowest BCUT2D eigenvalue weighted by atomic mass is 9.77. The predicted octanol–water partition coefficient (Wildman–Crippen LogP) is 10.0. The van der Waals surface area contributed by atoms with Crippen molar-refractivity contribution in [1.82, 2.24) is 5.32 Å². The van der Waals surface area contributed by atoms with E-state index in [0.717, 1.165) is 25.2 Å². The van der Waals surface area contributed by atoms with Crippen LogP contribution < -0.4 is 10.1 Å². The Morgan fingerprint density at radius 2 is 1.32 bits per heavy atom. The summed E-state index contributed by atoms with van der Waals surface area (Å²) in [6, 6.07) is 6.69. The van der Waals surface area contributed by atoms with Gasteiger partial charge in [-0.15, -0.1) is 0 Å². The van der Waals surface area contributed by atoms with Gasteiger partial charge < -0.3 is 14.8 Å². The van der Waals surface area contributed by atoms with Crippen LogP contribution in [-0.4, -0.2) is 20.3 Å². The Balaban J connectivity index is 1.95. The first kappa shape index (κ1) is 31.5. The van der Waals surface area contributed by atoms with E-state index in [-0.39, 0.29) is 5.92 Å². The fraction of sp³-hybridized carbons (Fsp3) is 0.706. The summed E-state index contributed by atoms with van der Waals surface area (Å²) in [6.45, 7) is 12.5. The number of aryl methyl sites for hydroxylation is 1. The number of benzene rings is 1. The average Bonchev–Trinajstić information content (AvgIpc) is 2.89. The third kappa shape index (κ3) is 10.5. The molecular formula is C34H57NO2. The Morgan fingerprint density at radius 3 is 1.89 bits per heavy atom. The highest BCUT2D eigenvalue weighted by molar-refractivity contribution is 5.54. The maximum Gasteiger partial charge on any atom is 0.123 e. The van der Waals surface area contributed by atoms with E-state index in [0.29, 0.717) is 6.61 Å². The number of methoxy groups -OCH3 is 1. The van der Waals surface area contributed by atoms with Gasteiger partial charge in [0.25, 0.3) is 0 Å². The molecule has 3 nitrogen and oxygen atoms in total. The molecule has 0 aliphatic carbocycles. The molecule has 0 radical (unpaired) electrons. The van der Waals surface area contributed by atoms with E-state index in [1.807, 2.05) is 0 Å². The van der Waals surface area contributed by atoms with Crippen molar-refractivity contribution in [3.8, 4) is 5.75 Å². The normalized spacial score (nSPS) is 15.9. The van der Waals surface area contributed by atoms with E-state index in [2.05, 4.69) is 58.1 Å². The summed E-state index contributed by atoms with van der Waals surface area (Å²) in [7, 11) is 1.79. The zero-order valence-electron chi connectivity index (χ0n) is 25.1. The molecule has 1 aromatic carbocycles. The molecule has 1 aliphatic rings. The van der Waals surface area contributed by atoms with Crippen LogP contribution in [0.15, 0.2) is 40.7 Å². The third-order valence-corrected chi connectivity index (χ3v) is 8.10. The smallest absolute Gasteiger partial charge is 0.123 e. The van der Waals surface area contributed by atoms with E-state index in [1.165, 1.54) is 117 Å². The maximum atomic E-state index is 6.22. The summed E-state index contributed by atoms with van der Waals surface area (Å²) < 4.78 is 11.7. The topological polar surface area (TPSA) is 30.5 Å². The molecule has 0 bridgehead atoms. The van der Waals surface area contributed by atoms with E-state index in [9.17, 15) is 0 Å². The first-order valence-corrected chi connectivity index (χ1v) is 15.4. The van der Waals surface area contributed by atoms with Crippen molar-refractivity contribution >= 4 is 0 Å². The summed E-state index contributed by atoms with van der Waals surface area (Å²) >= 11 is 0. The second-order valence-corrected chi connectivity index (χ2v) is 11.0. The van der Waals surface area contributed by atoms with Gasteiger partial charge in [0.2, 0.25) is 0 Å². The van der Waals surface area contributed by atoms with Crippen LogP contribution in [0.25, 0.3) is 0 Å². The van der Waals surface area contributed by atoms with Gasteiger partial charge in [-0.1, -0.05) is 96.1 Å². The molecule has 1 atom stereocenters. The molecule has 0 aromatic heterocycles. The minimum atomic E-state index is 0.260. The molecule has 1 heterocycles. The summed E-state index contributed by atoms with van der Waals surface area (Å²) in [5.74, 6) is 1.31. The standard InChI is InChI=1S/C34H57NO2/c1-7-9-10-11-12-13-14-15-16-17-18-19-20-22-30-23-21-24-32(37-8-2)34(30)33-27(3)28(4)35-29(5)31(33)25-26-36-6/h21,23-24,33,35H,7-20,22,25-26H2,1-6H3. The van der Waals surface area contributed by atoms with Gasteiger partial charge in [0.05, 0.1) is 13.2 Å². The number of unbranched alkanes of at least 4 members (excludes halogenated alkanes) is 12. The van der Waals surface area contributed by atoms with Crippen molar-refractivity contribution < 1.29 is 9.47 Å². The van der Waals surface area contributed by atoms with Gasteiger partial charge in [0, 0.05) is 30.0 Å². The third-order valence-electron chi connectivity index (χ3n) is 8.10. The lowest BCUT2D eigenvalue weighted by molar-refractivity contribution is 0.200. The van der Waals surface area contributed by atoms with Gasteiger partial charge >= 0.3 is 0 Å². The average molecular weight is 512 g/mol. The minimum absolute atomic E-state index is 0.260. The fourth-order valence-electron chi connectivity index (χ4n) is 5.84. The maximum absolute atomic E-state index is 6.22. The van der Waals surface area contributed by atoms with E-state index in [1.54, 1.807) is 7.11 Å². The Bertz CT molecular complexity index is 838. The number of nitrogens with one attached hydrogen (secondary N) is 1. The molecule has 1 aromatic rings. The largest absolute Gasteiger partial charge is 0.494 e. The van der Waals surface area contributed by atoms with Crippen LogP contribution in [0, 0.1) is 0 Å². The highest BCUT2D eigenvalue weighted by atomic mass is 16.5. The summed E-state index contributed by atoms with van der Waals surface area (Å²) in [5, 5.41) is 3.62. The predicted molar refractivity (Wildman–Crippen MR) is 160 cm³/mol. The summed E-state index contributed by atoms with van der Waals surface area (Å²) in [5.41, 5.74) is 8.20. The lowest BCUT2D eigenvalue weighted by Crippen LogP contribution is -2.25. The number of hydrogen-bond donors (Lipinski definition) is 1. The van der Waals surface area contributed by atoms with Crippen LogP contribution in [-0.2, 0) is 11.2 Å². The highest BCUT2D eigenvalue weighted by Crippen LogP contribution is 2.44. The van der Waals surface area contributed by atoms with Gasteiger partial charge in [0.15, 0.2) is 0 Å². The number of rotatable bonds is 20. The Morgan fingerprint density at radius 1 is 0.730 bits per heavy atom. The molecule has 0 amide bonds. The Hall–Kier alpha value is -1.74. The second-order valence-electron chi connectivity index (χ2n) is 11.0. The van der Waals surface area contributed by atoms with Crippen molar-refractivity contribution in [3.63, 3.8) is 0 Å². The van der Waals surface area contributed by atoms with Gasteiger partial charge in [-0.3, -0.25) is 0 Å². The van der Waals surface area contributed by atoms with Crippen molar-refractivity contribution in [2.24, 2.45) is 0 Å². The van der Waals surface area contributed by atoms with Gasteiger partial charge in [-0.25, -0.2) is 0 Å². The zero-order valence-corrected chi connectivity index (χ0v) is 25.1.